The van der Waals surface area contributed by atoms with Crippen molar-refractivity contribution in [1.29, 1.82) is 0 Å². The summed E-state index contributed by atoms with van der Waals surface area (Å²) < 4.78 is 0. The number of carbonyl (C=O) groups is 1. The molecule has 30 heavy (non-hydrogen) atoms. The number of hydrogen-bond donors (Lipinski definition) is 2. The van der Waals surface area contributed by atoms with E-state index in [-0.39, 0.29) is 17.6 Å². The molecule has 0 amide bonds. The van der Waals surface area contributed by atoms with E-state index in [0.29, 0.717) is 47.3 Å². The van der Waals surface area contributed by atoms with Gasteiger partial charge in [-0.1, -0.05) is 46.8 Å². The molecule has 0 heterocycles. The van der Waals surface area contributed by atoms with Crippen LogP contribution < -0.4 is 0 Å². The first-order valence-electron chi connectivity index (χ1n) is 12.6. The fraction of sp³-hybridized carbons (Fsp3) is 0.889. The zero-order chi connectivity index (χ0) is 21.9. The summed E-state index contributed by atoms with van der Waals surface area (Å²) in [5.74, 6) is 3.43. The van der Waals surface area contributed by atoms with Gasteiger partial charge in [0.15, 0.2) is 5.78 Å². The van der Waals surface area contributed by atoms with Crippen LogP contribution in [0.15, 0.2) is 12.2 Å². The zero-order valence-electron chi connectivity index (χ0n) is 19.9. The Balaban J connectivity index is 1.57. The third kappa shape index (κ3) is 3.25. The van der Waals surface area contributed by atoms with Crippen molar-refractivity contribution in [3.8, 4) is 0 Å². The SMILES string of the molecule is CC(C)CC=CC(C)C1CCC2C3CC(=O)C4(O)CC(O)CCC4(C)C3CCC12C. The van der Waals surface area contributed by atoms with Crippen molar-refractivity contribution in [2.24, 2.45) is 46.3 Å². The van der Waals surface area contributed by atoms with E-state index >= 15 is 0 Å². The summed E-state index contributed by atoms with van der Waals surface area (Å²) >= 11 is 0. The van der Waals surface area contributed by atoms with Crippen molar-refractivity contribution in [3.63, 3.8) is 0 Å². The second-order valence-electron chi connectivity index (χ2n) is 12.3. The molecule has 4 fully saturated rings. The molecule has 0 saturated heterocycles. The highest BCUT2D eigenvalue weighted by Crippen LogP contribution is 2.68. The van der Waals surface area contributed by atoms with E-state index in [1.165, 1.54) is 19.3 Å². The monoisotopic (exact) mass is 416 g/mol. The standard InChI is InChI=1S/C27H44O3/c1-17(2)7-6-8-18(3)21-9-10-22-20-15-24(29)27(30)16-19(28)11-14-26(27,5)23(20)12-13-25(21,22)4/h6,8,17-23,28,30H,7,9-16H2,1-5H3. The molecule has 4 aliphatic rings. The number of carbonyl (C=O) groups excluding carboxylic acids is 1. The zero-order valence-corrected chi connectivity index (χ0v) is 19.9. The molecule has 4 saturated carbocycles. The number of Topliss-reactive ketones (excluding diaryl/α,β-unsaturated/α-hetero) is 1. The minimum Gasteiger partial charge on any atom is -0.393 e. The topological polar surface area (TPSA) is 57.5 Å². The van der Waals surface area contributed by atoms with Crippen LogP contribution in [0.2, 0.25) is 0 Å². The average Bonchev–Trinajstić information content (AvgIpc) is 3.01. The summed E-state index contributed by atoms with van der Waals surface area (Å²) in [6.45, 7) is 11.6. The molecular weight excluding hydrogens is 372 g/mol. The van der Waals surface area contributed by atoms with E-state index in [0.717, 1.165) is 25.7 Å². The van der Waals surface area contributed by atoms with Gasteiger partial charge in [-0.25, -0.2) is 0 Å². The van der Waals surface area contributed by atoms with Crippen LogP contribution >= 0.6 is 0 Å². The minimum atomic E-state index is -1.32. The highest BCUT2D eigenvalue weighted by atomic mass is 16.3. The molecule has 0 aromatic rings. The Kier molecular flexibility index (Phi) is 5.80. The summed E-state index contributed by atoms with van der Waals surface area (Å²) in [6, 6.07) is 0. The van der Waals surface area contributed by atoms with Crippen LogP contribution in [0.5, 0.6) is 0 Å². The number of fused-ring (bicyclic) bond motifs is 5. The van der Waals surface area contributed by atoms with E-state index in [2.05, 4.69) is 46.8 Å². The number of aliphatic hydroxyl groups is 2. The lowest BCUT2D eigenvalue weighted by Crippen LogP contribution is -2.67. The fourth-order valence-corrected chi connectivity index (χ4v) is 8.62. The number of ketones is 1. The molecule has 4 aliphatic carbocycles. The van der Waals surface area contributed by atoms with Gasteiger partial charge in [0.25, 0.3) is 0 Å². The van der Waals surface area contributed by atoms with E-state index in [1.807, 2.05) is 0 Å². The first-order valence-corrected chi connectivity index (χ1v) is 12.6. The second-order valence-corrected chi connectivity index (χ2v) is 12.3. The van der Waals surface area contributed by atoms with Gasteiger partial charge in [-0.2, -0.15) is 0 Å². The summed E-state index contributed by atoms with van der Waals surface area (Å²) in [6.07, 6.45) is 12.6. The molecule has 3 heteroatoms. The molecule has 0 radical (unpaired) electrons. The highest BCUT2D eigenvalue weighted by Gasteiger charge is 2.67. The van der Waals surface area contributed by atoms with Crippen LogP contribution in [0.25, 0.3) is 0 Å². The van der Waals surface area contributed by atoms with Crippen molar-refractivity contribution >= 4 is 5.78 Å². The molecule has 0 bridgehead atoms. The van der Waals surface area contributed by atoms with Crippen molar-refractivity contribution in [1.82, 2.24) is 0 Å². The third-order valence-electron chi connectivity index (χ3n) is 10.4. The lowest BCUT2D eigenvalue weighted by Gasteiger charge is -2.63. The van der Waals surface area contributed by atoms with Gasteiger partial charge in [0.05, 0.1) is 6.10 Å². The van der Waals surface area contributed by atoms with Crippen molar-refractivity contribution in [3.05, 3.63) is 12.2 Å². The van der Waals surface area contributed by atoms with Crippen LogP contribution in [0.1, 0.15) is 92.4 Å². The number of rotatable bonds is 4. The third-order valence-corrected chi connectivity index (χ3v) is 10.4. The normalized spacial score (nSPS) is 49.7. The van der Waals surface area contributed by atoms with Gasteiger partial charge in [-0.15, -0.1) is 0 Å². The largest absolute Gasteiger partial charge is 0.393 e. The highest BCUT2D eigenvalue weighted by molar-refractivity contribution is 5.89. The predicted octanol–water partition coefficient (Wildman–Crippen LogP) is 5.54. The van der Waals surface area contributed by atoms with Crippen LogP contribution in [-0.4, -0.2) is 27.7 Å². The van der Waals surface area contributed by atoms with Crippen LogP contribution in [0.4, 0.5) is 0 Å². The van der Waals surface area contributed by atoms with E-state index in [4.69, 9.17) is 0 Å². The van der Waals surface area contributed by atoms with Gasteiger partial charge >= 0.3 is 0 Å². The Morgan fingerprint density at radius 1 is 1.07 bits per heavy atom. The molecule has 3 nitrogen and oxygen atoms in total. The minimum absolute atomic E-state index is 0.0163. The van der Waals surface area contributed by atoms with Gasteiger partial charge in [-0.05, 0) is 85.9 Å². The van der Waals surface area contributed by atoms with Gasteiger partial charge < -0.3 is 10.2 Å². The first kappa shape index (κ1) is 22.5. The molecular formula is C27H44O3. The summed E-state index contributed by atoms with van der Waals surface area (Å²) in [7, 11) is 0. The lowest BCUT2D eigenvalue weighted by atomic mass is 9.42. The van der Waals surface area contributed by atoms with Gasteiger partial charge in [-0.3, -0.25) is 4.79 Å². The second kappa shape index (κ2) is 7.73. The number of aliphatic hydroxyl groups excluding tert-OH is 1. The van der Waals surface area contributed by atoms with Crippen LogP contribution in [0, 0.1) is 46.3 Å². The Morgan fingerprint density at radius 2 is 1.80 bits per heavy atom. The quantitative estimate of drug-likeness (QED) is 0.592. The smallest absolute Gasteiger partial charge is 0.165 e. The molecule has 0 aromatic carbocycles. The van der Waals surface area contributed by atoms with Crippen molar-refractivity contribution in [2.45, 2.75) is 104 Å². The van der Waals surface area contributed by atoms with Gasteiger partial charge in [0.2, 0.25) is 0 Å². The Morgan fingerprint density at radius 3 is 2.50 bits per heavy atom. The molecule has 9 unspecified atom stereocenters. The summed E-state index contributed by atoms with van der Waals surface area (Å²) in [4.78, 5) is 13.3. The molecule has 0 aromatic heterocycles. The number of hydrogen-bond acceptors (Lipinski definition) is 3. The maximum absolute atomic E-state index is 13.3. The molecule has 0 aliphatic heterocycles. The average molecular weight is 417 g/mol. The fourth-order valence-electron chi connectivity index (χ4n) is 8.62. The lowest BCUT2D eigenvalue weighted by molar-refractivity contribution is -0.213. The number of allylic oxidation sites excluding steroid dienone is 2. The molecule has 0 spiro atoms. The van der Waals surface area contributed by atoms with Crippen molar-refractivity contribution in [2.75, 3.05) is 0 Å². The van der Waals surface area contributed by atoms with Gasteiger partial charge in [0, 0.05) is 18.3 Å². The summed E-state index contributed by atoms with van der Waals surface area (Å²) in [5, 5.41) is 21.7. The molecule has 170 valence electrons. The van der Waals surface area contributed by atoms with Gasteiger partial charge in [0.1, 0.15) is 5.60 Å². The molecule has 4 rings (SSSR count). The Hall–Kier alpha value is -0.670. The van der Waals surface area contributed by atoms with Crippen molar-refractivity contribution < 1.29 is 15.0 Å². The van der Waals surface area contributed by atoms with E-state index in [9.17, 15) is 15.0 Å². The molecule has 9 atom stereocenters. The maximum Gasteiger partial charge on any atom is 0.165 e. The Labute approximate surface area is 183 Å². The van der Waals surface area contributed by atoms with E-state index < -0.39 is 11.7 Å². The van der Waals surface area contributed by atoms with Crippen LogP contribution in [-0.2, 0) is 4.79 Å². The summed E-state index contributed by atoms with van der Waals surface area (Å²) in [5.41, 5.74) is -1.37. The molecule has 2 N–H and O–H groups in total. The predicted molar refractivity (Wildman–Crippen MR) is 121 cm³/mol. The van der Waals surface area contributed by atoms with E-state index in [1.54, 1.807) is 0 Å². The maximum atomic E-state index is 13.3. The first-order chi connectivity index (χ1) is 14.0. The Bertz CT molecular complexity index is 698. The van der Waals surface area contributed by atoms with Crippen LogP contribution in [0.3, 0.4) is 0 Å².